The molecule has 0 spiro atoms. The largest absolute Gasteiger partial charge is 0.100 e. The smallest absolute Gasteiger partial charge is 0.00546 e. The van der Waals surface area contributed by atoms with Gasteiger partial charge >= 0.3 is 0 Å². The lowest BCUT2D eigenvalue weighted by Gasteiger charge is -2.19. The SMILES string of the molecule is C=C(C)CC(CC)c1ccc2c(c1)CCC2C(=C)Cc1ccc(CC(=C)Cc2ccccc2C)c(CC)c1. The summed E-state index contributed by atoms with van der Waals surface area (Å²) in [6.45, 7) is 22.1. The van der Waals surface area contributed by atoms with Crippen molar-refractivity contribution >= 4 is 0 Å². The van der Waals surface area contributed by atoms with Gasteiger partial charge in [0.15, 0.2) is 0 Å². The third-order valence-corrected chi connectivity index (χ3v) is 8.52. The molecule has 2 unspecified atom stereocenters. The highest BCUT2D eigenvalue weighted by molar-refractivity contribution is 5.45. The predicted molar refractivity (Wildman–Crippen MR) is 166 cm³/mol. The van der Waals surface area contributed by atoms with E-state index >= 15 is 0 Å². The molecule has 0 bridgehead atoms. The fraction of sp³-hybridized carbons (Fsp3) is 0.368. The molecule has 0 saturated carbocycles. The van der Waals surface area contributed by atoms with Gasteiger partial charge in [0.25, 0.3) is 0 Å². The summed E-state index contributed by atoms with van der Waals surface area (Å²) < 4.78 is 0. The summed E-state index contributed by atoms with van der Waals surface area (Å²) in [5, 5.41) is 0. The Morgan fingerprint density at radius 1 is 0.868 bits per heavy atom. The van der Waals surface area contributed by atoms with E-state index in [9.17, 15) is 0 Å². The summed E-state index contributed by atoms with van der Waals surface area (Å²) in [5.74, 6) is 1.05. The first kappa shape index (κ1) is 27.9. The van der Waals surface area contributed by atoms with E-state index < -0.39 is 0 Å². The minimum Gasteiger partial charge on any atom is -0.100 e. The van der Waals surface area contributed by atoms with Gasteiger partial charge in [0.1, 0.15) is 0 Å². The minimum absolute atomic E-state index is 0.471. The zero-order chi connectivity index (χ0) is 27.2. The monoisotopic (exact) mass is 502 g/mol. The van der Waals surface area contributed by atoms with Gasteiger partial charge in [0.05, 0.1) is 0 Å². The van der Waals surface area contributed by atoms with Crippen LogP contribution in [-0.2, 0) is 32.1 Å². The maximum Gasteiger partial charge on any atom is 0.00546 e. The fourth-order valence-corrected chi connectivity index (χ4v) is 6.32. The highest BCUT2D eigenvalue weighted by atomic mass is 14.3. The molecule has 0 nitrogen and oxygen atoms in total. The molecular formula is C38H46. The van der Waals surface area contributed by atoms with Crippen LogP contribution < -0.4 is 0 Å². The van der Waals surface area contributed by atoms with E-state index in [0.717, 1.165) is 38.5 Å². The average molecular weight is 503 g/mol. The second kappa shape index (κ2) is 12.6. The number of allylic oxidation sites excluding steroid dienone is 3. The Labute approximate surface area is 232 Å². The first-order chi connectivity index (χ1) is 18.3. The van der Waals surface area contributed by atoms with Crippen molar-refractivity contribution in [3.05, 3.63) is 142 Å². The second-order valence-electron chi connectivity index (χ2n) is 11.6. The van der Waals surface area contributed by atoms with E-state index in [1.807, 2.05) is 0 Å². The summed E-state index contributed by atoms with van der Waals surface area (Å²) in [4.78, 5) is 0. The van der Waals surface area contributed by atoms with Crippen LogP contribution in [0.2, 0.25) is 0 Å². The second-order valence-corrected chi connectivity index (χ2v) is 11.6. The Bertz CT molecular complexity index is 1320. The lowest BCUT2D eigenvalue weighted by molar-refractivity contribution is 0.656. The Balaban J connectivity index is 1.43. The molecule has 2 atom stereocenters. The highest BCUT2D eigenvalue weighted by Crippen LogP contribution is 2.41. The van der Waals surface area contributed by atoms with E-state index in [0.29, 0.717) is 11.8 Å². The molecule has 0 N–H and O–H groups in total. The summed E-state index contributed by atoms with van der Waals surface area (Å²) in [7, 11) is 0. The number of aryl methyl sites for hydroxylation is 3. The van der Waals surface area contributed by atoms with Gasteiger partial charge in [0.2, 0.25) is 0 Å². The third-order valence-electron chi connectivity index (χ3n) is 8.52. The Morgan fingerprint density at radius 3 is 2.34 bits per heavy atom. The summed E-state index contributed by atoms with van der Waals surface area (Å²) in [6.07, 6.45) is 8.49. The molecule has 198 valence electrons. The van der Waals surface area contributed by atoms with Crippen molar-refractivity contribution in [1.82, 2.24) is 0 Å². The van der Waals surface area contributed by atoms with Crippen molar-refractivity contribution in [2.24, 2.45) is 0 Å². The van der Waals surface area contributed by atoms with Gasteiger partial charge in [-0.2, -0.15) is 0 Å². The van der Waals surface area contributed by atoms with Crippen molar-refractivity contribution in [3.8, 4) is 0 Å². The molecule has 3 aromatic rings. The Kier molecular flexibility index (Phi) is 9.26. The van der Waals surface area contributed by atoms with Gasteiger partial charge in [-0.1, -0.05) is 104 Å². The first-order valence-corrected chi connectivity index (χ1v) is 14.6. The van der Waals surface area contributed by atoms with E-state index in [2.05, 4.69) is 108 Å². The standard InChI is InChI=1S/C38H46/c1-8-31(20-26(3)4)35-16-19-38-36(25-35)17-18-37(38)29(7)23-30-14-15-34(32(9-2)24-30)22-27(5)21-33-13-11-10-12-28(33)6/h10-16,19,24-25,31,37H,3,5,7-9,17-18,20-23H2,1-2,4,6H3. The predicted octanol–water partition coefficient (Wildman–Crippen LogP) is 10.2. The number of benzene rings is 3. The molecule has 1 aliphatic carbocycles. The lowest BCUT2D eigenvalue weighted by atomic mass is 9.85. The van der Waals surface area contributed by atoms with Crippen LogP contribution in [-0.4, -0.2) is 0 Å². The van der Waals surface area contributed by atoms with Crippen molar-refractivity contribution in [3.63, 3.8) is 0 Å². The van der Waals surface area contributed by atoms with Crippen LogP contribution in [0.5, 0.6) is 0 Å². The van der Waals surface area contributed by atoms with Crippen LogP contribution in [0.25, 0.3) is 0 Å². The zero-order valence-electron chi connectivity index (χ0n) is 24.2. The molecule has 4 rings (SSSR count). The zero-order valence-corrected chi connectivity index (χ0v) is 24.2. The van der Waals surface area contributed by atoms with Crippen molar-refractivity contribution in [2.45, 2.75) is 90.9 Å². The van der Waals surface area contributed by atoms with Crippen molar-refractivity contribution < 1.29 is 0 Å². The summed E-state index contributed by atoms with van der Waals surface area (Å²) in [5.41, 5.74) is 15.4. The first-order valence-electron chi connectivity index (χ1n) is 14.6. The summed E-state index contributed by atoms with van der Waals surface area (Å²) in [6, 6.07) is 23.0. The maximum absolute atomic E-state index is 4.60. The van der Waals surface area contributed by atoms with Gasteiger partial charge in [0, 0.05) is 5.92 Å². The molecule has 0 fully saturated rings. The normalized spacial score (nSPS) is 15.2. The number of fused-ring (bicyclic) bond motifs is 1. The Morgan fingerprint density at radius 2 is 1.63 bits per heavy atom. The molecule has 3 aromatic carbocycles. The quantitative estimate of drug-likeness (QED) is 0.216. The van der Waals surface area contributed by atoms with Crippen molar-refractivity contribution in [2.75, 3.05) is 0 Å². The van der Waals surface area contributed by atoms with Crippen LogP contribution in [0.15, 0.2) is 97.1 Å². The van der Waals surface area contributed by atoms with E-state index in [1.54, 1.807) is 0 Å². The van der Waals surface area contributed by atoms with Crippen LogP contribution >= 0.6 is 0 Å². The van der Waals surface area contributed by atoms with Crippen LogP contribution in [0.4, 0.5) is 0 Å². The summed E-state index contributed by atoms with van der Waals surface area (Å²) >= 11 is 0. The molecule has 0 aliphatic heterocycles. The van der Waals surface area contributed by atoms with Gasteiger partial charge < -0.3 is 0 Å². The topological polar surface area (TPSA) is 0 Å². The van der Waals surface area contributed by atoms with Gasteiger partial charge in [-0.25, -0.2) is 0 Å². The van der Waals surface area contributed by atoms with Crippen LogP contribution in [0, 0.1) is 6.92 Å². The van der Waals surface area contributed by atoms with Gasteiger partial charge in [-0.3, -0.25) is 0 Å². The van der Waals surface area contributed by atoms with E-state index in [4.69, 9.17) is 0 Å². The van der Waals surface area contributed by atoms with Gasteiger partial charge in [-0.05, 0) is 116 Å². The molecular weight excluding hydrogens is 456 g/mol. The van der Waals surface area contributed by atoms with Crippen LogP contribution in [0.3, 0.4) is 0 Å². The minimum atomic E-state index is 0.471. The molecule has 38 heavy (non-hydrogen) atoms. The molecule has 1 aliphatic rings. The average Bonchev–Trinajstić information content (AvgIpc) is 3.33. The number of hydrogen-bond donors (Lipinski definition) is 0. The molecule has 0 saturated heterocycles. The van der Waals surface area contributed by atoms with Gasteiger partial charge in [-0.15, -0.1) is 6.58 Å². The molecule has 0 radical (unpaired) electrons. The molecule has 0 amide bonds. The lowest BCUT2D eigenvalue weighted by Crippen LogP contribution is -2.04. The van der Waals surface area contributed by atoms with E-state index in [-0.39, 0.29) is 0 Å². The maximum atomic E-state index is 4.60. The highest BCUT2D eigenvalue weighted by Gasteiger charge is 2.26. The third kappa shape index (κ3) is 6.65. The molecule has 0 heterocycles. The number of rotatable bonds is 12. The molecule has 0 heteroatoms. The molecule has 0 aromatic heterocycles. The van der Waals surface area contributed by atoms with Crippen LogP contribution in [0.1, 0.15) is 96.4 Å². The Hall–Kier alpha value is -3.12. The van der Waals surface area contributed by atoms with Crippen molar-refractivity contribution in [1.29, 1.82) is 0 Å². The number of hydrogen-bond acceptors (Lipinski definition) is 0. The van der Waals surface area contributed by atoms with E-state index in [1.165, 1.54) is 74.1 Å². The fourth-order valence-electron chi connectivity index (χ4n) is 6.32.